The molecule has 1 aliphatic rings. The van der Waals surface area contributed by atoms with Crippen LogP contribution in [0, 0.1) is 29.6 Å². The Kier molecular flexibility index (Phi) is 16.8. The van der Waals surface area contributed by atoms with Gasteiger partial charge in [-0.15, -0.1) is 0 Å². The zero-order valence-corrected chi connectivity index (χ0v) is 32.7. The average molecular weight is 675 g/mol. The summed E-state index contributed by atoms with van der Waals surface area (Å²) in [5, 5.41) is 4.42. The van der Waals surface area contributed by atoms with E-state index >= 15 is 0 Å². The molecule has 2 rings (SSSR count). The van der Waals surface area contributed by atoms with Crippen LogP contribution in [-0.2, 0) is 20.4 Å². The molecule has 47 heavy (non-hydrogen) atoms. The molecular formula is C37H66N4O5Si. The van der Waals surface area contributed by atoms with Crippen molar-refractivity contribution in [1.82, 2.24) is 4.90 Å². The van der Waals surface area contributed by atoms with E-state index in [2.05, 4.69) is 95.7 Å². The first-order chi connectivity index (χ1) is 22.0. The van der Waals surface area contributed by atoms with Crippen LogP contribution in [0.2, 0.25) is 18.1 Å². The molecule has 268 valence electrons. The van der Waals surface area contributed by atoms with Crippen molar-refractivity contribution in [2.75, 3.05) is 47.6 Å². The maximum Gasteiger partial charge on any atom is 0.192 e. The van der Waals surface area contributed by atoms with E-state index in [-0.39, 0.29) is 28.9 Å². The summed E-state index contributed by atoms with van der Waals surface area (Å²) in [4.78, 5) is 19.6. The number of rotatable bonds is 21. The van der Waals surface area contributed by atoms with Gasteiger partial charge in [0.2, 0.25) is 0 Å². The van der Waals surface area contributed by atoms with E-state index in [0.717, 1.165) is 43.7 Å². The minimum atomic E-state index is -2.27. The van der Waals surface area contributed by atoms with Crippen LogP contribution in [-0.4, -0.2) is 78.7 Å². The number of nitrogens with zero attached hydrogens (tertiary/aromatic N) is 4. The molecule has 1 saturated heterocycles. The summed E-state index contributed by atoms with van der Waals surface area (Å²) < 4.78 is 24.0. The number of hydrogen-bond donors (Lipinski definition) is 0. The molecule has 5 atom stereocenters. The molecule has 0 amide bonds. The van der Waals surface area contributed by atoms with E-state index in [1.807, 2.05) is 6.07 Å². The molecule has 1 aromatic carbocycles. The second kappa shape index (κ2) is 19.2. The topological polar surface area (TPSA) is 106 Å². The number of hydrogen-bond acceptors (Lipinski definition) is 7. The van der Waals surface area contributed by atoms with Gasteiger partial charge >= 0.3 is 0 Å². The fourth-order valence-corrected chi connectivity index (χ4v) is 7.75. The van der Waals surface area contributed by atoms with Gasteiger partial charge in [0, 0.05) is 43.9 Å². The van der Waals surface area contributed by atoms with Gasteiger partial charge in [0.05, 0.1) is 25.9 Å². The fourth-order valence-electron chi connectivity index (χ4n) is 6.38. The molecule has 1 aromatic rings. The maximum atomic E-state index is 13.9. The molecule has 1 fully saturated rings. The molecule has 0 aromatic heterocycles. The quantitative estimate of drug-likeness (QED) is 0.0424. The Morgan fingerprint density at radius 2 is 1.79 bits per heavy atom. The Labute approximate surface area is 287 Å². The Morgan fingerprint density at radius 1 is 1.09 bits per heavy atom. The summed E-state index contributed by atoms with van der Waals surface area (Å²) in [6.07, 6.45) is 4.16. The van der Waals surface area contributed by atoms with Gasteiger partial charge < -0.3 is 23.5 Å². The van der Waals surface area contributed by atoms with Gasteiger partial charge in [-0.25, -0.2) is 0 Å². The van der Waals surface area contributed by atoms with E-state index in [1.54, 1.807) is 14.2 Å². The van der Waals surface area contributed by atoms with Crippen molar-refractivity contribution in [3.05, 3.63) is 34.2 Å². The summed E-state index contributed by atoms with van der Waals surface area (Å²) in [5.74, 6) is 2.72. The molecule has 0 saturated carbocycles. The van der Waals surface area contributed by atoms with Crippen molar-refractivity contribution in [3.8, 4) is 11.5 Å². The lowest BCUT2D eigenvalue weighted by Gasteiger charge is -2.42. The number of ether oxygens (including phenoxy) is 3. The number of benzene rings is 1. The van der Waals surface area contributed by atoms with Crippen LogP contribution in [0.15, 0.2) is 23.3 Å². The number of carbonyl (C=O) groups excluding carboxylic acids is 1. The molecule has 0 unspecified atom stereocenters. The highest BCUT2D eigenvalue weighted by Crippen LogP contribution is 2.41. The van der Waals surface area contributed by atoms with Crippen LogP contribution in [0.1, 0.15) is 86.1 Å². The van der Waals surface area contributed by atoms with E-state index in [0.29, 0.717) is 55.8 Å². The normalized spacial score (nSPS) is 18.6. The van der Waals surface area contributed by atoms with Crippen LogP contribution in [0.3, 0.4) is 0 Å². The van der Waals surface area contributed by atoms with Crippen LogP contribution in [0.25, 0.3) is 10.4 Å². The standard InChI is InChI=1S/C37H66N4O5Si/c1-26(2)30(20-28-14-15-34(44-10)36(22-28)45-19-13-18-43-9)23-32(39-40-38)35(46-47(11,12)37(5,6)7)24-31(27(3)4)33(42)21-29-16-17-41(8)25-29/h14-15,22,26-27,29-32,35H,13,16-21,23-25H2,1-12H3/t29-,30-,31-,32-,35-/m0/s1. The lowest BCUT2D eigenvalue weighted by atomic mass is 9.79. The van der Waals surface area contributed by atoms with Crippen LogP contribution >= 0.6 is 0 Å². The van der Waals surface area contributed by atoms with Crippen molar-refractivity contribution in [2.45, 2.75) is 117 Å². The number of ketones is 1. The van der Waals surface area contributed by atoms with Gasteiger partial charge in [-0.1, -0.05) is 59.6 Å². The predicted octanol–water partition coefficient (Wildman–Crippen LogP) is 8.96. The predicted molar refractivity (Wildman–Crippen MR) is 195 cm³/mol. The van der Waals surface area contributed by atoms with Crippen molar-refractivity contribution < 1.29 is 23.4 Å². The average Bonchev–Trinajstić information content (AvgIpc) is 3.39. The van der Waals surface area contributed by atoms with Gasteiger partial charge in [-0.2, -0.15) is 0 Å². The van der Waals surface area contributed by atoms with E-state index in [4.69, 9.17) is 18.6 Å². The second-order valence-electron chi connectivity index (χ2n) is 16.0. The van der Waals surface area contributed by atoms with Crippen LogP contribution in [0.5, 0.6) is 11.5 Å². The Morgan fingerprint density at radius 3 is 2.32 bits per heavy atom. The van der Waals surface area contributed by atoms with Crippen molar-refractivity contribution in [1.29, 1.82) is 0 Å². The molecule has 0 N–H and O–H groups in total. The van der Waals surface area contributed by atoms with Crippen molar-refractivity contribution >= 4 is 14.1 Å². The molecule has 0 radical (unpaired) electrons. The van der Waals surface area contributed by atoms with Crippen LogP contribution in [0.4, 0.5) is 0 Å². The summed E-state index contributed by atoms with van der Waals surface area (Å²) in [7, 11) is 3.20. The number of Topliss-reactive ketones (excluding diaryl/α,β-unsaturated/α-hetero) is 1. The number of methoxy groups -OCH3 is 2. The molecule has 1 aliphatic heterocycles. The Hall–Kier alpha value is -2.10. The Bertz CT molecular complexity index is 1150. The largest absolute Gasteiger partial charge is 0.493 e. The molecule has 9 nitrogen and oxygen atoms in total. The molecule has 10 heteroatoms. The smallest absolute Gasteiger partial charge is 0.192 e. The lowest BCUT2D eigenvalue weighted by molar-refractivity contribution is -0.126. The first kappa shape index (κ1) is 41.1. The van der Waals surface area contributed by atoms with Gasteiger partial charge in [-0.05, 0) is 104 Å². The highest BCUT2D eigenvalue weighted by atomic mass is 28.4. The van der Waals surface area contributed by atoms with Gasteiger partial charge in [0.25, 0.3) is 0 Å². The number of azide groups is 1. The maximum absolute atomic E-state index is 13.9. The Balaban J connectivity index is 2.41. The monoisotopic (exact) mass is 674 g/mol. The third-order valence-corrected chi connectivity index (χ3v) is 15.0. The molecular weight excluding hydrogens is 609 g/mol. The number of carbonyl (C=O) groups is 1. The summed E-state index contributed by atoms with van der Waals surface area (Å²) in [5.41, 5.74) is 11.0. The van der Waals surface area contributed by atoms with Crippen molar-refractivity contribution in [3.63, 3.8) is 0 Å². The second-order valence-corrected chi connectivity index (χ2v) is 20.7. The highest BCUT2D eigenvalue weighted by molar-refractivity contribution is 6.74. The van der Waals surface area contributed by atoms with Gasteiger partial charge in [0.1, 0.15) is 5.78 Å². The molecule has 0 bridgehead atoms. The highest BCUT2D eigenvalue weighted by Gasteiger charge is 2.43. The van der Waals surface area contributed by atoms with E-state index in [1.165, 1.54) is 0 Å². The summed E-state index contributed by atoms with van der Waals surface area (Å²) in [6.45, 7) is 23.1. The molecule has 0 spiro atoms. The molecule has 0 aliphatic carbocycles. The lowest BCUT2D eigenvalue weighted by Crippen LogP contribution is -2.48. The van der Waals surface area contributed by atoms with Crippen molar-refractivity contribution in [2.24, 2.45) is 34.7 Å². The third-order valence-electron chi connectivity index (χ3n) is 10.5. The zero-order valence-electron chi connectivity index (χ0n) is 31.7. The molecule has 1 heterocycles. The summed E-state index contributed by atoms with van der Waals surface area (Å²) >= 11 is 0. The number of likely N-dealkylation sites (tertiary alicyclic amines) is 1. The minimum absolute atomic E-state index is 0.0296. The summed E-state index contributed by atoms with van der Waals surface area (Å²) in [6, 6.07) is 5.74. The minimum Gasteiger partial charge on any atom is -0.493 e. The van der Waals surface area contributed by atoms with Gasteiger partial charge in [-0.3, -0.25) is 4.79 Å². The SMILES string of the molecule is COCCCOc1cc(C[C@@H](C[C@H](N=[N+]=[N-])[C@H](C[C@H](C(=O)C[C@@H]2CCN(C)C2)C(C)C)O[Si](C)(C)C(C)(C)C)C(C)C)ccc1OC. The zero-order chi connectivity index (χ0) is 35.4. The van der Waals surface area contributed by atoms with E-state index in [9.17, 15) is 10.3 Å². The van der Waals surface area contributed by atoms with Gasteiger partial charge in [0.15, 0.2) is 19.8 Å². The van der Waals surface area contributed by atoms with Crippen LogP contribution < -0.4 is 9.47 Å². The third kappa shape index (κ3) is 13.0. The first-order valence-electron chi connectivity index (χ1n) is 17.7. The fraction of sp³-hybridized carbons (Fsp3) is 0.811. The first-order valence-corrected chi connectivity index (χ1v) is 20.7. The van der Waals surface area contributed by atoms with E-state index < -0.39 is 14.4 Å².